The van der Waals surface area contributed by atoms with Crippen LogP contribution in [0.3, 0.4) is 0 Å². The van der Waals surface area contributed by atoms with Crippen molar-refractivity contribution in [1.29, 1.82) is 0 Å². The van der Waals surface area contributed by atoms with Gasteiger partial charge in [0.2, 0.25) is 0 Å². The van der Waals surface area contributed by atoms with Gasteiger partial charge in [-0.1, -0.05) is 19.1 Å². The minimum Gasteiger partial charge on any atom is -0.482 e. The molecule has 1 aromatic carbocycles. The predicted molar refractivity (Wildman–Crippen MR) is 94.6 cm³/mol. The van der Waals surface area contributed by atoms with Crippen LogP contribution in [0.4, 0.5) is 5.69 Å². The van der Waals surface area contributed by atoms with E-state index in [0.717, 1.165) is 69.9 Å². The lowest BCUT2D eigenvalue weighted by atomic mass is 10.1. The Kier molecular flexibility index (Phi) is 6.10. The van der Waals surface area contributed by atoms with E-state index in [-0.39, 0.29) is 12.5 Å². The van der Waals surface area contributed by atoms with Gasteiger partial charge in [-0.05, 0) is 44.4 Å². The smallest absolute Gasteiger partial charge is 0.265 e. The molecule has 2 aliphatic rings. The molecule has 1 saturated heterocycles. The van der Waals surface area contributed by atoms with Crippen molar-refractivity contribution in [3.05, 3.63) is 24.3 Å². The second kappa shape index (κ2) is 8.49. The zero-order valence-electron chi connectivity index (χ0n) is 14.6. The summed E-state index contributed by atoms with van der Waals surface area (Å²) in [6.07, 6.45) is 4.77. The first-order chi connectivity index (χ1) is 11.8. The normalized spacial score (nSPS) is 19.2. The molecule has 5 nitrogen and oxygen atoms in total. The highest BCUT2D eigenvalue weighted by atomic mass is 16.5. The molecule has 0 saturated carbocycles. The minimum absolute atomic E-state index is 0.0559. The Labute approximate surface area is 144 Å². The Morgan fingerprint density at radius 1 is 1.21 bits per heavy atom. The van der Waals surface area contributed by atoms with Gasteiger partial charge < -0.3 is 19.3 Å². The van der Waals surface area contributed by atoms with E-state index in [9.17, 15) is 4.79 Å². The fourth-order valence-corrected chi connectivity index (χ4v) is 3.44. The van der Waals surface area contributed by atoms with E-state index < -0.39 is 0 Å². The topological polar surface area (TPSA) is 42.0 Å². The van der Waals surface area contributed by atoms with Crippen LogP contribution in [0.5, 0.6) is 5.75 Å². The molecular formula is C19H28N2O3. The third-order valence-corrected chi connectivity index (χ3v) is 4.76. The number of hydrogen-bond acceptors (Lipinski definition) is 4. The SMILES string of the molecule is CCCOC1CCN(CCCN2C(=O)COc3ccccc32)CC1. The summed E-state index contributed by atoms with van der Waals surface area (Å²) in [5.74, 6) is 0.867. The number of rotatable bonds is 7. The number of para-hydroxylation sites is 2. The number of nitrogens with zero attached hydrogens (tertiary/aromatic N) is 2. The van der Waals surface area contributed by atoms with Crippen molar-refractivity contribution in [2.75, 3.05) is 44.3 Å². The third kappa shape index (κ3) is 4.28. The summed E-state index contributed by atoms with van der Waals surface area (Å²) in [5.41, 5.74) is 0.903. The standard InChI is InChI=1S/C19H28N2O3/c1-2-14-23-16-8-12-20(13-9-16)10-5-11-21-17-6-3-4-7-18(17)24-15-19(21)22/h3-4,6-7,16H,2,5,8-15H2,1H3. The summed E-state index contributed by atoms with van der Waals surface area (Å²) in [6, 6.07) is 7.78. The number of carbonyl (C=O) groups is 1. The van der Waals surface area contributed by atoms with E-state index in [1.54, 1.807) is 0 Å². The summed E-state index contributed by atoms with van der Waals surface area (Å²) >= 11 is 0. The molecule has 0 bridgehead atoms. The zero-order chi connectivity index (χ0) is 16.8. The molecule has 0 atom stereocenters. The van der Waals surface area contributed by atoms with Crippen LogP contribution in [0.25, 0.3) is 0 Å². The van der Waals surface area contributed by atoms with Crippen LogP contribution in [-0.2, 0) is 9.53 Å². The van der Waals surface area contributed by atoms with Gasteiger partial charge in [0.25, 0.3) is 5.91 Å². The van der Waals surface area contributed by atoms with Crippen LogP contribution >= 0.6 is 0 Å². The van der Waals surface area contributed by atoms with Gasteiger partial charge in [0, 0.05) is 26.2 Å². The summed E-state index contributed by atoms with van der Waals surface area (Å²) < 4.78 is 11.3. The molecule has 0 N–H and O–H groups in total. The first-order valence-corrected chi connectivity index (χ1v) is 9.14. The number of ether oxygens (including phenoxy) is 2. The number of hydrogen-bond donors (Lipinski definition) is 0. The van der Waals surface area contributed by atoms with Crippen molar-refractivity contribution in [2.24, 2.45) is 0 Å². The molecule has 1 fully saturated rings. The fourth-order valence-electron chi connectivity index (χ4n) is 3.44. The molecule has 0 spiro atoms. The van der Waals surface area contributed by atoms with Crippen molar-refractivity contribution in [3.63, 3.8) is 0 Å². The molecule has 0 radical (unpaired) electrons. The number of amides is 1. The maximum atomic E-state index is 12.2. The van der Waals surface area contributed by atoms with Gasteiger partial charge in [-0.2, -0.15) is 0 Å². The summed E-state index contributed by atoms with van der Waals surface area (Å²) in [7, 11) is 0. The number of fused-ring (bicyclic) bond motifs is 1. The molecule has 24 heavy (non-hydrogen) atoms. The van der Waals surface area contributed by atoms with Crippen LogP contribution in [0, 0.1) is 0 Å². The largest absolute Gasteiger partial charge is 0.482 e. The van der Waals surface area contributed by atoms with Crippen LogP contribution in [0.2, 0.25) is 0 Å². The van der Waals surface area contributed by atoms with Crippen LogP contribution in [0.1, 0.15) is 32.6 Å². The quantitative estimate of drug-likeness (QED) is 0.770. The Morgan fingerprint density at radius 2 is 2.00 bits per heavy atom. The average molecular weight is 332 g/mol. The van der Waals surface area contributed by atoms with E-state index in [2.05, 4.69) is 11.8 Å². The highest BCUT2D eigenvalue weighted by Crippen LogP contribution is 2.31. The predicted octanol–water partition coefficient (Wildman–Crippen LogP) is 2.69. The Hall–Kier alpha value is -1.59. The van der Waals surface area contributed by atoms with Crippen molar-refractivity contribution < 1.29 is 14.3 Å². The van der Waals surface area contributed by atoms with Crippen LogP contribution in [0.15, 0.2) is 24.3 Å². The second-order valence-corrected chi connectivity index (χ2v) is 6.57. The summed E-state index contributed by atoms with van der Waals surface area (Å²) in [6.45, 7) is 7.17. The van der Waals surface area contributed by atoms with Crippen LogP contribution < -0.4 is 9.64 Å². The molecule has 0 unspecified atom stereocenters. The third-order valence-electron chi connectivity index (χ3n) is 4.76. The fraction of sp³-hybridized carbons (Fsp3) is 0.632. The van der Waals surface area contributed by atoms with Gasteiger partial charge in [-0.3, -0.25) is 4.79 Å². The highest BCUT2D eigenvalue weighted by molar-refractivity contribution is 5.97. The van der Waals surface area contributed by atoms with Crippen molar-refractivity contribution in [1.82, 2.24) is 4.90 Å². The number of anilines is 1. The van der Waals surface area contributed by atoms with Gasteiger partial charge in [-0.25, -0.2) is 0 Å². The molecule has 132 valence electrons. The highest BCUT2D eigenvalue weighted by Gasteiger charge is 2.25. The van der Waals surface area contributed by atoms with Gasteiger partial charge in [0.15, 0.2) is 6.61 Å². The van der Waals surface area contributed by atoms with Gasteiger partial charge >= 0.3 is 0 Å². The summed E-state index contributed by atoms with van der Waals surface area (Å²) in [4.78, 5) is 16.5. The number of benzene rings is 1. The van der Waals surface area contributed by atoms with E-state index >= 15 is 0 Å². The maximum absolute atomic E-state index is 12.2. The Morgan fingerprint density at radius 3 is 2.79 bits per heavy atom. The second-order valence-electron chi connectivity index (χ2n) is 6.57. The molecule has 1 amide bonds. The first-order valence-electron chi connectivity index (χ1n) is 9.14. The van der Waals surface area contributed by atoms with Crippen molar-refractivity contribution >= 4 is 11.6 Å². The average Bonchev–Trinajstić information content (AvgIpc) is 2.63. The summed E-state index contributed by atoms with van der Waals surface area (Å²) in [5, 5.41) is 0. The molecule has 0 aromatic heterocycles. The van der Waals surface area contributed by atoms with E-state index in [1.165, 1.54) is 0 Å². The lowest BCUT2D eigenvalue weighted by Crippen LogP contribution is -2.42. The number of likely N-dealkylation sites (tertiary alicyclic amines) is 1. The lowest BCUT2D eigenvalue weighted by molar-refractivity contribution is -0.121. The first kappa shape index (κ1) is 17.2. The monoisotopic (exact) mass is 332 g/mol. The molecular weight excluding hydrogens is 304 g/mol. The lowest BCUT2D eigenvalue weighted by Gasteiger charge is -2.33. The van der Waals surface area contributed by atoms with Gasteiger partial charge in [0.05, 0.1) is 11.8 Å². The molecule has 2 aliphatic heterocycles. The van der Waals surface area contributed by atoms with Crippen molar-refractivity contribution in [3.8, 4) is 5.75 Å². The molecule has 5 heteroatoms. The van der Waals surface area contributed by atoms with Crippen molar-refractivity contribution in [2.45, 2.75) is 38.7 Å². The molecule has 0 aliphatic carbocycles. The zero-order valence-corrected chi connectivity index (χ0v) is 14.6. The Bertz CT molecular complexity index is 541. The maximum Gasteiger partial charge on any atom is 0.265 e. The Balaban J connectivity index is 1.43. The van der Waals surface area contributed by atoms with E-state index in [4.69, 9.17) is 9.47 Å². The molecule has 1 aromatic rings. The van der Waals surface area contributed by atoms with Gasteiger partial charge in [0.1, 0.15) is 5.75 Å². The number of piperidine rings is 1. The van der Waals surface area contributed by atoms with Crippen LogP contribution in [-0.4, -0.2) is 56.3 Å². The van der Waals surface area contributed by atoms with E-state index in [1.807, 2.05) is 29.2 Å². The molecule has 3 rings (SSSR count). The minimum atomic E-state index is 0.0559. The van der Waals surface area contributed by atoms with Gasteiger partial charge in [-0.15, -0.1) is 0 Å². The number of carbonyl (C=O) groups excluding carboxylic acids is 1. The van der Waals surface area contributed by atoms with E-state index in [0.29, 0.717) is 6.10 Å². The molecule has 2 heterocycles.